The van der Waals surface area contributed by atoms with Gasteiger partial charge < -0.3 is 15.4 Å². The summed E-state index contributed by atoms with van der Waals surface area (Å²) in [5, 5.41) is 10.8. The summed E-state index contributed by atoms with van der Waals surface area (Å²) < 4.78 is 7.61. The highest BCUT2D eigenvalue weighted by molar-refractivity contribution is 14.0. The average Bonchev–Trinajstić information content (AvgIpc) is 3.10. The number of aromatic nitrogens is 2. The van der Waals surface area contributed by atoms with Gasteiger partial charge in [0.25, 0.3) is 0 Å². The van der Waals surface area contributed by atoms with Gasteiger partial charge in [-0.3, -0.25) is 9.67 Å². The third-order valence-electron chi connectivity index (χ3n) is 3.37. The Bertz CT molecular complexity index is 589. The lowest BCUT2D eigenvalue weighted by molar-refractivity contribution is 0.322. The second kappa shape index (κ2) is 12.6. The molecule has 7 heteroatoms. The number of hydrogen-bond donors (Lipinski definition) is 2. The van der Waals surface area contributed by atoms with Gasteiger partial charge in [0.15, 0.2) is 5.96 Å². The van der Waals surface area contributed by atoms with Gasteiger partial charge in [-0.15, -0.1) is 24.0 Å². The monoisotopic (exact) mass is 457 g/mol. The molecule has 0 aliphatic heterocycles. The first-order valence-corrected chi connectivity index (χ1v) is 8.45. The van der Waals surface area contributed by atoms with Gasteiger partial charge in [-0.25, -0.2) is 0 Å². The van der Waals surface area contributed by atoms with Crippen LogP contribution in [0.4, 0.5) is 0 Å². The fraction of sp³-hybridized carbons (Fsp3) is 0.444. The van der Waals surface area contributed by atoms with Crippen LogP contribution in [0.15, 0.2) is 53.8 Å². The highest BCUT2D eigenvalue weighted by Crippen LogP contribution is 2.07. The predicted molar refractivity (Wildman–Crippen MR) is 113 cm³/mol. The van der Waals surface area contributed by atoms with Gasteiger partial charge in [-0.1, -0.05) is 25.1 Å². The molecule has 0 amide bonds. The molecule has 0 saturated heterocycles. The fourth-order valence-corrected chi connectivity index (χ4v) is 2.23. The summed E-state index contributed by atoms with van der Waals surface area (Å²) in [6.07, 6.45) is 3.78. The Morgan fingerprint density at radius 2 is 2.04 bits per heavy atom. The van der Waals surface area contributed by atoms with Crippen molar-refractivity contribution < 1.29 is 4.74 Å². The Labute approximate surface area is 167 Å². The summed E-state index contributed by atoms with van der Waals surface area (Å²) in [4.78, 5) is 4.64. The number of hydrogen-bond acceptors (Lipinski definition) is 3. The number of rotatable bonds is 9. The minimum atomic E-state index is 0. The number of guanidine groups is 1. The first-order valence-electron chi connectivity index (χ1n) is 8.45. The van der Waals surface area contributed by atoms with Crippen molar-refractivity contribution in [1.29, 1.82) is 0 Å². The van der Waals surface area contributed by atoms with Gasteiger partial charge >= 0.3 is 0 Å². The van der Waals surface area contributed by atoms with Crippen LogP contribution >= 0.6 is 24.0 Å². The van der Waals surface area contributed by atoms with Crippen molar-refractivity contribution in [3.05, 3.63) is 48.8 Å². The quantitative estimate of drug-likeness (QED) is 0.263. The van der Waals surface area contributed by atoms with Crippen molar-refractivity contribution in [1.82, 2.24) is 20.4 Å². The van der Waals surface area contributed by atoms with E-state index >= 15 is 0 Å². The molecule has 1 aromatic carbocycles. The third kappa shape index (κ3) is 8.76. The van der Waals surface area contributed by atoms with E-state index in [4.69, 9.17) is 4.74 Å². The van der Waals surface area contributed by atoms with E-state index in [2.05, 4.69) is 34.6 Å². The van der Waals surface area contributed by atoms with Gasteiger partial charge in [0, 0.05) is 32.0 Å². The topological polar surface area (TPSA) is 63.5 Å². The summed E-state index contributed by atoms with van der Waals surface area (Å²) in [6.45, 7) is 7.98. The number of para-hydroxylation sites is 1. The summed E-state index contributed by atoms with van der Waals surface area (Å²) in [5.74, 6) is 2.12. The van der Waals surface area contributed by atoms with Crippen molar-refractivity contribution in [2.24, 2.45) is 10.9 Å². The molecule has 0 saturated carbocycles. The maximum Gasteiger partial charge on any atom is 0.191 e. The molecule has 0 aliphatic carbocycles. The van der Waals surface area contributed by atoms with Crippen molar-refractivity contribution >= 4 is 29.9 Å². The molecule has 1 atom stereocenters. The lowest BCUT2D eigenvalue weighted by atomic mass is 10.2. The van der Waals surface area contributed by atoms with E-state index < -0.39 is 0 Å². The van der Waals surface area contributed by atoms with E-state index in [1.807, 2.05) is 47.3 Å². The van der Waals surface area contributed by atoms with Crippen molar-refractivity contribution in [3.63, 3.8) is 0 Å². The zero-order valence-corrected chi connectivity index (χ0v) is 17.2. The van der Waals surface area contributed by atoms with E-state index in [1.165, 1.54) is 0 Å². The Hall–Kier alpha value is -1.77. The van der Waals surface area contributed by atoms with E-state index in [0.717, 1.165) is 31.3 Å². The lowest BCUT2D eigenvalue weighted by Crippen LogP contribution is -2.39. The Morgan fingerprint density at radius 1 is 1.24 bits per heavy atom. The molecule has 1 unspecified atom stereocenters. The minimum Gasteiger partial charge on any atom is -0.492 e. The molecule has 0 spiro atoms. The van der Waals surface area contributed by atoms with Crippen LogP contribution in [-0.4, -0.2) is 42.0 Å². The molecule has 0 fully saturated rings. The van der Waals surface area contributed by atoms with E-state index in [0.29, 0.717) is 19.1 Å². The van der Waals surface area contributed by atoms with Crippen LogP contribution in [0.25, 0.3) is 0 Å². The Balaban J connectivity index is 0.00000312. The van der Waals surface area contributed by atoms with Gasteiger partial charge in [0.05, 0.1) is 6.54 Å². The van der Waals surface area contributed by atoms with E-state index in [1.54, 1.807) is 6.20 Å². The third-order valence-corrected chi connectivity index (χ3v) is 3.37. The molecule has 0 bridgehead atoms. The lowest BCUT2D eigenvalue weighted by Gasteiger charge is -2.14. The number of benzene rings is 1. The molecule has 0 aliphatic rings. The van der Waals surface area contributed by atoms with Crippen LogP contribution in [-0.2, 0) is 6.54 Å². The largest absolute Gasteiger partial charge is 0.492 e. The second-order valence-electron chi connectivity index (χ2n) is 5.64. The molecule has 2 rings (SSSR count). The Kier molecular flexibility index (Phi) is 10.7. The summed E-state index contributed by atoms with van der Waals surface area (Å²) in [6, 6.07) is 11.8. The van der Waals surface area contributed by atoms with Crippen LogP contribution in [0.2, 0.25) is 0 Å². The fourth-order valence-electron chi connectivity index (χ4n) is 2.23. The molecule has 1 aromatic heterocycles. The summed E-state index contributed by atoms with van der Waals surface area (Å²) >= 11 is 0. The summed E-state index contributed by atoms with van der Waals surface area (Å²) in [5.41, 5.74) is 0. The molecular formula is C18H28IN5O. The molecule has 0 radical (unpaired) electrons. The number of nitrogens with one attached hydrogen (secondary N) is 2. The highest BCUT2D eigenvalue weighted by atomic mass is 127. The molecular weight excluding hydrogens is 429 g/mol. The molecule has 6 nitrogen and oxygen atoms in total. The molecule has 138 valence electrons. The van der Waals surface area contributed by atoms with Gasteiger partial charge in [0.1, 0.15) is 12.4 Å². The smallest absolute Gasteiger partial charge is 0.191 e. The average molecular weight is 457 g/mol. The first-order chi connectivity index (χ1) is 11.8. The summed E-state index contributed by atoms with van der Waals surface area (Å²) in [7, 11) is 0. The molecule has 25 heavy (non-hydrogen) atoms. The van der Waals surface area contributed by atoms with Gasteiger partial charge in [0.2, 0.25) is 0 Å². The number of aliphatic imine (C=N–C) groups is 1. The van der Waals surface area contributed by atoms with E-state index in [9.17, 15) is 0 Å². The standard InChI is InChI=1S/C18H27N5O.HI/c1-3-19-18(20-11-13-24-17-8-5-4-6-9-17)21-14-16(2)15-23-12-7-10-22-23;/h4-10,12,16H,3,11,13-15H2,1-2H3,(H2,19,20,21);1H. The number of halogens is 1. The minimum absolute atomic E-state index is 0. The Morgan fingerprint density at radius 3 is 2.72 bits per heavy atom. The van der Waals surface area contributed by atoms with Crippen molar-refractivity contribution in [3.8, 4) is 5.75 Å². The molecule has 2 aromatic rings. The first kappa shape index (κ1) is 21.3. The molecule has 2 N–H and O–H groups in total. The highest BCUT2D eigenvalue weighted by Gasteiger charge is 2.04. The number of ether oxygens (including phenoxy) is 1. The zero-order valence-electron chi connectivity index (χ0n) is 14.9. The predicted octanol–water partition coefficient (Wildman–Crippen LogP) is 2.77. The maximum atomic E-state index is 5.67. The zero-order chi connectivity index (χ0) is 17.0. The van der Waals surface area contributed by atoms with E-state index in [-0.39, 0.29) is 24.0 Å². The van der Waals surface area contributed by atoms with Crippen LogP contribution < -0.4 is 15.4 Å². The van der Waals surface area contributed by atoms with Crippen molar-refractivity contribution in [2.75, 3.05) is 26.2 Å². The maximum absolute atomic E-state index is 5.67. The second-order valence-corrected chi connectivity index (χ2v) is 5.64. The van der Waals surface area contributed by atoms with Crippen LogP contribution in [0.3, 0.4) is 0 Å². The SMILES string of the molecule is CCNC(=NCC(C)Cn1cccn1)NCCOc1ccccc1.I. The van der Waals surface area contributed by atoms with Crippen molar-refractivity contribution in [2.45, 2.75) is 20.4 Å². The van der Waals surface area contributed by atoms with Gasteiger partial charge in [-0.2, -0.15) is 5.10 Å². The van der Waals surface area contributed by atoms with Crippen LogP contribution in [0, 0.1) is 5.92 Å². The molecule has 1 heterocycles. The van der Waals surface area contributed by atoms with Gasteiger partial charge in [-0.05, 0) is 31.0 Å². The van der Waals surface area contributed by atoms with Crippen LogP contribution in [0.1, 0.15) is 13.8 Å². The van der Waals surface area contributed by atoms with Crippen LogP contribution in [0.5, 0.6) is 5.75 Å². The number of nitrogens with zero attached hydrogens (tertiary/aromatic N) is 3. The normalized spacial score (nSPS) is 12.2.